The van der Waals surface area contributed by atoms with E-state index in [2.05, 4.69) is 4.98 Å². The van der Waals surface area contributed by atoms with Gasteiger partial charge in [0, 0.05) is 38.1 Å². The standard InChI is InChI=1S/C17H17N3O2S/c1-12(21)19-7-5-17(10-19)11-20(14-3-2-6-18-15(14)17)16(22)13-4-8-23-9-13/h2-4,6,8-9H,5,7,10-11H2,1H3/t17-/m1/s1. The number of hydrogen-bond acceptors (Lipinski definition) is 4. The molecule has 1 atom stereocenters. The Kier molecular flexibility index (Phi) is 3.23. The Morgan fingerprint density at radius 1 is 1.30 bits per heavy atom. The summed E-state index contributed by atoms with van der Waals surface area (Å²) in [5.41, 5.74) is 2.32. The number of pyridine rings is 1. The highest BCUT2D eigenvalue weighted by Gasteiger charge is 2.50. The molecule has 0 N–H and O–H groups in total. The van der Waals surface area contributed by atoms with E-state index in [0.717, 1.165) is 24.3 Å². The predicted molar refractivity (Wildman–Crippen MR) is 88.8 cm³/mol. The van der Waals surface area contributed by atoms with Crippen LogP contribution in [0.15, 0.2) is 35.2 Å². The van der Waals surface area contributed by atoms with E-state index >= 15 is 0 Å². The largest absolute Gasteiger partial charge is 0.342 e. The van der Waals surface area contributed by atoms with Crippen molar-refractivity contribution < 1.29 is 9.59 Å². The monoisotopic (exact) mass is 327 g/mol. The van der Waals surface area contributed by atoms with Crippen LogP contribution in [0.4, 0.5) is 5.69 Å². The number of likely N-dealkylation sites (tertiary alicyclic amines) is 1. The molecule has 4 rings (SSSR count). The lowest BCUT2D eigenvalue weighted by molar-refractivity contribution is -0.127. The minimum atomic E-state index is -0.228. The third kappa shape index (κ3) is 2.16. The molecule has 23 heavy (non-hydrogen) atoms. The molecular weight excluding hydrogens is 310 g/mol. The third-order valence-corrected chi connectivity index (χ3v) is 5.54. The molecule has 2 aromatic rings. The smallest absolute Gasteiger partial charge is 0.259 e. The zero-order chi connectivity index (χ0) is 16.0. The number of anilines is 1. The first-order valence-electron chi connectivity index (χ1n) is 7.66. The first-order valence-corrected chi connectivity index (χ1v) is 8.60. The summed E-state index contributed by atoms with van der Waals surface area (Å²) in [5, 5.41) is 3.79. The van der Waals surface area contributed by atoms with Gasteiger partial charge >= 0.3 is 0 Å². The maximum atomic E-state index is 12.9. The van der Waals surface area contributed by atoms with Crippen LogP contribution in [-0.2, 0) is 10.2 Å². The van der Waals surface area contributed by atoms with Gasteiger partial charge in [0.25, 0.3) is 5.91 Å². The Labute approximate surface area is 138 Å². The molecule has 2 aliphatic rings. The first kappa shape index (κ1) is 14.4. The molecule has 6 heteroatoms. The molecule has 1 fully saturated rings. The van der Waals surface area contributed by atoms with Gasteiger partial charge < -0.3 is 9.80 Å². The average molecular weight is 327 g/mol. The molecular formula is C17H17N3O2S. The van der Waals surface area contributed by atoms with Crippen molar-refractivity contribution in [2.75, 3.05) is 24.5 Å². The van der Waals surface area contributed by atoms with Gasteiger partial charge in [0.15, 0.2) is 0 Å². The van der Waals surface area contributed by atoms with Crippen molar-refractivity contribution in [2.24, 2.45) is 0 Å². The van der Waals surface area contributed by atoms with Gasteiger partial charge in [-0.05, 0) is 30.0 Å². The molecule has 5 nitrogen and oxygen atoms in total. The van der Waals surface area contributed by atoms with Gasteiger partial charge in [-0.1, -0.05) is 0 Å². The maximum absolute atomic E-state index is 12.9. The molecule has 1 spiro atoms. The maximum Gasteiger partial charge on any atom is 0.259 e. The van der Waals surface area contributed by atoms with Crippen molar-refractivity contribution in [1.29, 1.82) is 0 Å². The third-order valence-electron chi connectivity index (χ3n) is 4.85. The number of nitrogens with zero attached hydrogens (tertiary/aromatic N) is 3. The van der Waals surface area contributed by atoms with E-state index in [1.165, 1.54) is 11.3 Å². The van der Waals surface area contributed by atoms with Gasteiger partial charge in [-0.3, -0.25) is 14.6 Å². The molecule has 2 aromatic heterocycles. The number of aromatic nitrogens is 1. The summed E-state index contributed by atoms with van der Waals surface area (Å²) in [7, 11) is 0. The lowest BCUT2D eigenvalue weighted by atomic mass is 9.85. The summed E-state index contributed by atoms with van der Waals surface area (Å²) < 4.78 is 0. The Morgan fingerprint density at radius 2 is 2.17 bits per heavy atom. The molecule has 4 heterocycles. The lowest BCUT2D eigenvalue weighted by Gasteiger charge is -2.24. The van der Waals surface area contributed by atoms with Crippen molar-refractivity contribution in [3.8, 4) is 0 Å². The van der Waals surface area contributed by atoms with Gasteiger partial charge in [-0.2, -0.15) is 11.3 Å². The van der Waals surface area contributed by atoms with Crippen LogP contribution in [0, 0.1) is 0 Å². The fourth-order valence-electron chi connectivity index (χ4n) is 3.67. The SMILES string of the molecule is CC(=O)N1CC[C@@]2(C1)CN(C(=O)c1ccsc1)c1cccnc12. The second kappa shape index (κ2) is 5.16. The molecule has 0 bridgehead atoms. The zero-order valence-corrected chi connectivity index (χ0v) is 13.7. The fraction of sp³-hybridized carbons (Fsp3) is 0.353. The van der Waals surface area contributed by atoms with Gasteiger partial charge in [-0.15, -0.1) is 0 Å². The molecule has 0 saturated carbocycles. The molecule has 0 radical (unpaired) electrons. The molecule has 118 valence electrons. The summed E-state index contributed by atoms with van der Waals surface area (Å²) in [5.74, 6) is 0.0978. The highest BCUT2D eigenvalue weighted by Crippen LogP contribution is 2.45. The number of carbonyl (C=O) groups is 2. The van der Waals surface area contributed by atoms with Crippen molar-refractivity contribution in [2.45, 2.75) is 18.8 Å². The first-order chi connectivity index (χ1) is 11.1. The normalized spacial score (nSPS) is 22.7. The van der Waals surface area contributed by atoms with Crippen molar-refractivity contribution in [3.05, 3.63) is 46.4 Å². The minimum Gasteiger partial charge on any atom is -0.342 e. The number of rotatable bonds is 1. The van der Waals surface area contributed by atoms with Crippen LogP contribution in [0.25, 0.3) is 0 Å². The minimum absolute atomic E-state index is 0.0126. The average Bonchev–Trinajstić information content (AvgIpc) is 3.28. The van der Waals surface area contributed by atoms with Gasteiger partial charge in [0.1, 0.15) is 0 Å². The summed E-state index contributed by atoms with van der Waals surface area (Å²) in [4.78, 5) is 32.8. The number of hydrogen-bond donors (Lipinski definition) is 0. The van der Waals surface area contributed by atoms with Crippen molar-refractivity contribution in [3.63, 3.8) is 0 Å². The van der Waals surface area contributed by atoms with E-state index in [1.54, 1.807) is 13.1 Å². The second-order valence-electron chi connectivity index (χ2n) is 6.25. The lowest BCUT2D eigenvalue weighted by Crippen LogP contribution is -2.40. The summed E-state index contributed by atoms with van der Waals surface area (Å²) in [6.07, 6.45) is 2.62. The van der Waals surface area contributed by atoms with Crippen LogP contribution >= 0.6 is 11.3 Å². The van der Waals surface area contributed by atoms with Gasteiger partial charge in [0.2, 0.25) is 5.91 Å². The predicted octanol–water partition coefficient (Wildman–Crippen LogP) is 2.29. The van der Waals surface area contributed by atoms with Gasteiger partial charge in [-0.25, -0.2) is 0 Å². The Balaban J connectivity index is 1.73. The molecule has 0 aliphatic carbocycles. The van der Waals surface area contributed by atoms with Crippen molar-refractivity contribution in [1.82, 2.24) is 9.88 Å². The second-order valence-corrected chi connectivity index (χ2v) is 7.03. The van der Waals surface area contributed by atoms with E-state index in [1.807, 2.05) is 38.8 Å². The molecule has 1 saturated heterocycles. The number of fused-ring (bicyclic) bond motifs is 2. The Bertz CT molecular complexity index is 774. The van der Waals surface area contributed by atoms with E-state index < -0.39 is 0 Å². The summed E-state index contributed by atoms with van der Waals surface area (Å²) in [6.45, 7) is 3.56. The fourth-order valence-corrected chi connectivity index (χ4v) is 4.30. The molecule has 2 amide bonds. The van der Waals surface area contributed by atoms with E-state index in [9.17, 15) is 9.59 Å². The Hall–Kier alpha value is -2.21. The molecule has 2 aliphatic heterocycles. The van der Waals surface area contributed by atoms with E-state index in [-0.39, 0.29) is 17.2 Å². The van der Waals surface area contributed by atoms with Crippen LogP contribution in [0.3, 0.4) is 0 Å². The van der Waals surface area contributed by atoms with Crippen LogP contribution in [-0.4, -0.2) is 41.3 Å². The Morgan fingerprint density at radius 3 is 2.87 bits per heavy atom. The number of thiophene rings is 1. The number of amides is 2. The number of carbonyl (C=O) groups excluding carboxylic acids is 2. The zero-order valence-electron chi connectivity index (χ0n) is 12.9. The summed E-state index contributed by atoms with van der Waals surface area (Å²) in [6, 6.07) is 5.67. The van der Waals surface area contributed by atoms with Crippen LogP contribution in [0.5, 0.6) is 0 Å². The quantitative estimate of drug-likeness (QED) is 0.807. The van der Waals surface area contributed by atoms with Crippen LogP contribution in [0.2, 0.25) is 0 Å². The van der Waals surface area contributed by atoms with E-state index in [0.29, 0.717) is 18.7 Å². The van der Waals surface area contributed by atoms with Crippen molar-refractivity contribution >= 4 is 28.8 Å². The topological polar surface area (TPSA) is 53.5 Å². The van der Waals surface area contributed by atoms with Gasteiger partial charge in [0.05, 0.1) is 22.4 Å². The van der Waals surface area contributed by atoms with E-state index in [4.69, 9.17) is 0 Å². The van der Waals surface area contributed by atoms with Crippen LogP contribution in [0.1, 0.15) is 29.4 Å². The molecule has 0 unspecified atom stereocenters. The van der Waals surface area contributed by atoms with Crippen LogP contribution < -0.4 is 4.90 Å². The molecule has 0 aromatic carbocycles. The highest BCUT2D eigenvalue weighted by atomic mass is 32.1. The highest BCUT2D eigenvalue weighted by molar-refractivity contribution is 7.08. The summed E-state index contributed by atoms with van der Waals surface area (Å²) >= 11 is 1.52.